The molecule has 0 atom stereocenters. The molecule has 4 aromatic carbocycles. The predicted octanol–water partition coefficient (Wildman–Crippen LogP) is 7.27. The Labute approximate surface area is 310 Å². The van der Waals surface area contributed by atoms with Gasteiger partial charge in [-0.3, -0.25) is 19.2 Å². The van der Waals surface area contributed by atoms with Gasteiger partial charge in [0.15, 0.2) is 46.0 Å². The van der Waals surface area contributed by atoms with Gasteiger partial charge in [0.2, 0.25) is 0 Å². The van der Waals surface area contributed by atoms with Gasteiger partial charge in [0, 0.05) is 44.5 Å². The number of methoxy groups -OCH3 is 4. The smallest absolute Gasteiger partial charge is 0.493 e. The average molecular weight is 745 g/mol. The first-order chi connectivity index (χ1) is 25.7. The Kier molecular flexibility index (Phi) is 13.6. The molecular formula is C40H44O12Si. The summed E-state index contributed by atoms with van der Waals surface area (Å²) in [6.45, 7) is 7.47. The first kappa shape index (κ1) is 40.0. The van der Waals surface area contributed by atoms with E-state index in [1.165, 1.54) is 52.7 Å². The highest BCUT2D eigenvalue weighted by Crippen LogP contribution is 2.43. The van der Waals surface area contributed by atoms with E-state index in [4.69, 9.17) is 36.7 Å². The van der Waals surface area contributed by atoms with Gasteiger partial charge in [-0.15, -0.1) is 0 Å². The van der Waals surface area contributed by atoms with E-state index in [0.717, 1.165) is 25.1 Å². The molecule has 0 aromatic heterocycles. The highest BCUT2D eigenvalue weighted by molar-refractivity contribution is 6.57. The Morgan fingerprint density at radius 1 is 0.396 bits per heavy atom. The van der Waals surface area contributed by atoms with Crippen molar-refractivity contribution in [2.75, 3.05) is 28.4 Å². The molecule has 4 aromatic rings. The lowest BCUT2D eigenvalue weighted by molar-refractivity contribution is 0.111. The quantitative estimate of drug-likeness (QED) is 0.0664. The summed E-state index contributed by atoms with van der Waals surface area (Å²) >= 11 is 0. The number of carbonyl (C=O) groups excluding carboxylic acids is 4. The number of benzene rings is 4. The predicted molar refractivity (Wildman–Crippen MR) is 199 cm³/mol. The molecule has 0 spiro atoms. The second-order valence-electron chi connectivity index (χ2n) is 11.5. The maximum Gasteiger partial charge on any atom is 0.967 e. The van der Waals surface area contributed by atoms with Crippen molar-refractivity contribution in [3.63, 3.8) is 0 Å². The molecule has 0 bridgehead atoms. The summed E-state index contributed by atoms with van der Waals surface area (Å²) in [5.74, 6) is 1.38. The molecule has 0 fully saturated rings. The Morgan fingerprint density at radius 3 is 0.755 bits per heavy atom. The van der Waals surface area contributed by atoms with Crippen LogP contribution in [0.25, 0.3) is 0 Å². The lowest BCUT2D eigenvalue weighted by Crippen LogP contribution is -2.60. The standard InChI is InChI=1S/C40H44O12Si/c1-9-29-25(21-41)13-17-33(37(29)45-5)49-53(50-34-18-14-26(22-42)30(10-2)38(34)46-6,51-35-19-15-27(23-43)31(11-3)39(35)47-7)52-36-20-16-28(24-44)32(12-4)40(36)48-8/h13-24H,9-12H2,1-8H3. The van der Waals surface area contributed by atoms with E-state index in [1.54, 1.807) is 24.3 Å². The average Bonchev–Trinajstić information content (AvgIpc) is 3.19. The Morgan fingerprint density at radius 2 is 0.604 bits per heavy atom. The molecule has 0 radical (unpaired) electrons. The Hall–Kier alpha value is -5.82. The highest BCUT2D eigenvalue weighted by atomic mass is 28.4. The van der Waals surface area contributed by atoms with Crippen molar-refractivity contribution in [2.24, 2.45) is 0 Å². The maximum absolute atomic E-state index is 12.0. The van der Waals surface area contributed by atoms with Crippen LogP contribution in [0.5, 0.6) is 46.0 Å². The highest BCUT2D eigenvalue weighted by Gasteiger charge is 2.60. The van der Waals surface area contributed by atoms with Crippen LogP contribution in [-0.4, -0.2) is 62.6 Å². The lowest BCUT2D eigenvalue weighted by atomic mass is 10.0. The summed E-state index contributed by atoms with van der Waals surface area (Å²) < 4.78 is 50.6. The molecule has 13 heteroatoms. The number of carbonyl (C=O) groups is 4. The third-order valence-corrected chi connectivity index (χ3v) is 10.6. The van der Waals surface area contributed by atoms with Crippen LogP contribution in [-0.2, 0) is 25.7 Å². The zero-order chi connectivity index (χ0) is 38.7. The zero-order valence-electron chi connectivity index (χ0n) is 31.2. The van der Waals surface area contributed by atoms with Gasteiger partial charge in [0.25, 0.3) is 0 Å². The van der Waals surface area contributed by atoms with E-state index in [-0.39, 0.29) is 46.0 Å². The van der Waals surface area contributed by atoms with Crippen LogP contribution in [0.15, 0.2) is 48.5 Å². The normalized spacial score (nSPS) is 10.9. The third kappa shape index (κ3) is 7.99. The van der Waals surface area contributed by atoms with Crippen LogP contribution in [0.2, 0.25) is 0 Å². The monoisotopic (exact) mass is 744 g/mol. The van der Waals surface area contributed by atoms with Crippen molar-refractivity contribution in [3.8, 4) is 46.0 Å². The lowest BCUT2D eigenvalue weighted by Gasteiger charge is -2.31. The topological polar surface area (TPSA) is 142 Å². The van der Waals surface area contributed by atoms with Gasteiger partial charge < -0.3 is 36.7 Å². The van der Waals surface area contributed by atoms with Gasteiger partial charge in [-0.2, -0.15) is 0 Å². The number of rotatable bonds is 20. The van der Waals surface area contributed by atoms with Gasteiger partial charge in [-0.1, -0.05) is 27.7 Å². The molecule has 0 unspecified atom stereocenters. The molecule has 280 valence electrons. The fraction of sp³-hybridized carbons (Fsp3) is 0.300. The van der Waals surface area contributed by atoms with E-state index in [1.807, 2.05) is 27.7 Å². The van der Waals surface area contributed by atoms with Crippen molar-refractivity contribution in [1.29, 1.82) is 0 Å². The molecule has 0 amide bonds. The first-order valence-corrected chi connectivity index (χ1v) is 18.7. The SMILES string of the molecule is CCc1c(C=O)ccc(O[Si](Oc2ccc(C=O)c(CC)c2OC)(Oc2ccc(C=O)c(CC)c2OC)Oc2ccc(C=O)c(CC)c2OC)c1OC. The van der Waals surface area contributed by atoms with E-state index in [9.17, 15) is 19.2 Å². The Balaban J connectivity index is 2.15. The minimum absolute atomic E-state index is 0.110. The van der Waals surface area contributed by atoms with E-state index in [2.05, 4.69) is 0 Å². The van der Waals surface area contributed by atoms with Crippen LogP contribution in [0.1, 0.15) is 91.4 Å². The van der Waals surface area contributed by atoms with Gasteiger partial charge in [-0.05, 0) is 74.2 Å². The van der Waals surface area contributed by atoms with Crippen LogP contribution >= 0.6 is 0 Å². The molecule has 4 rings (SSSR count). The van der Waals surface area contributed by atoms with E-state index < -0.39 is 9.05 Å². The zero-order valence-corrected chi connectivity index (χ0v) is 32.2. The van der Waals surface area contributed by atoms with Crippen LogP contribution in [0, 0.1) is 0 Å². The summed E-state index contributed by atoms with van der Waals surface area (Å²) in [4.78, 5) is 48.2. The fourth-order valence-corrected chi connectivity index (χ4v) is 8.24. The summed E-state index contributed by atoms with van der Waals surface area (Å²) in [6, 6.07) is 12.5. The van der Waals surface area contributed by atoms with Crippen LogP contribution < -0.4 is 36.7 Å². The molecule has 0 aliphatic rings. The van der Waals surface area contributed by atoms with E-state index in [0.29, 0.717) is 70.2 Å². The van der Waals surface area contributed by atoms with Gasteiger partial charge in [-0.25, -0.2) is 0 Å². The molecule has 0 aliphatic heterocycles. The van der Waals surface area contributed by atoms with Crippen LogP contribution in [0.3, 0.4) is 0 Å². The molecule has 53 heavy (non-hydrogen) atoms. The van der Waals surface area contributed by atoms with Crippen molar-refractivity contribution in [2.45, 2.75) is 53.4 Å². The number of aldehydes is 4. The van der Waals surface area contributed by atoms with Crippen molar-refractivity contribution in [3.05, 3.63) is 93.0 Å². The number of hydrogen-bond donors (Lipinski definition) is 0. The number of hydrogen-bond acceptors (Lipinski definition) is 12. The van der Waals surface area contributed by atoms with E-state index >= 15 is 0 Å². The third-order valence-electron chi connectivity index (χ3n) is 8.72. The molecular weight excluding hydrogens is 701 g/mol. The first-order valence-electron chi connectivity index (χ1n) is 17.1. The molecule has 0 N–H and O–H groups in total. The van der Waals surface area contributed by atoms with Crippen molar-refractivity contribution in [1.82, 2.24) is 0 Å². The molecule has 12 nitrogen and oxygen atoms in total. The molecule has 0 saturated carbocycles. The minimum atomic E-state index is -4.88. The van der Waals surface area contributed by atoms with Crippen molar-refractivity contribution < 1.29 is 55.8 Å². The van der Waals surface area contributed by atoms with Gasteiger partial charge >= 0.3 is 9.05 Å². The van der Waals surface area contributed by atoms with Crippen LogP contribution in [0.4, 0.5) is 0 Å². The summed E-state index contributed by atoms with van der Waals surface area (Å²) in [7, 11) is 0.901. The summed E-state index contributed by atoms with van der Waals surface area (Å²) in [5.41, 5.74) is 3.81. The fourth-order valence-electron chi connectivity index (χ4n) is 6.27. The second kappa shape index (κ2) is 18.1. The van der Waals surface area contributed by atoms with Gasteiger partial charge in [0.05, 0.1) is 28.4 Å². The molecule has 0 heterocycles. The van der Waals surface area contributed by atoms with Crippen molar-refractivity contribution >= 4 is 34.2 Å². The number of ether oxygens (including phenoxy) is 4. The Bertz CT molecular complexity index is 1690. The van der Waals surface area contributed by atoms with Gasteiger partial charge in [0.1, 0.15) is 25.1 Å². The largest absolute Gasteiger partial charge is 0.967 e. The minimum Gasteiger partial charge on any atom is -0.493 e. The summed E-state index contributed by atoms with van der Waals surface area (Å²) in [6.07, 6.45) is 4.54. The molecule has 0 saturated heterocycles. The second-order valence-corrected chi connectivity index (χ2v) is 13.3. The molecule has 0 aliphatic carbocycles. The summed E-state index contributed by atoms with van der Waals surface area (Å²) in [5, 5.41) is 0. The maximum atomic E-state index is 12.0.